The number of nitrogens with one attached hydrogen (secondary N) is 2. The van der Waals surface area contributed by atoms with Crippen molar-refractivity contribution in [3.8, 4) is 0 Å². The summed E-state index contributed by atoms with van der Waals surface area (Å²) in [6.45, 7) is 2.95. The molecule has 7 nitrogen and oxygen atoms in total. The first-order valence-electron chi connectivity index (χ1n) is 9.57. The fraction of sp³-hybridized carbons (Fsp3) is 0.286. The van der Waals surface area contributed by atoms with E-state index in [1.54, 1.807) is 6.07 Å². The largest absolute Gasteiger partial charge is 0.368 e. The summed E-state index contributed by atoms with van der Waals surface area (Å²) in [4.78, 5) is 33.4. The van der Waals surface area contributed by atoms with Crippen molar-refractivity contribution in [2.75, 3.05) is 36.4 Å². The van der Waals surface area contributed by atoms with Gasteiger partial charge in [-0.3, -0.25) is 14.9 Å². The van der Waals surface area contributed by atoms with Crippen LogP contribution in [0.15, 0.2) is 59.6 Å². The van der Waals surface area contributed by atoms with Gasteiger partial charge in [-0.15, -0.1) is 0 Å². The number of hydrogen-bond acceptors (Lipinski definition) is 5. The molecule has 0 spiro atoms. The monoisotopic (exact) mass is 395 g/mol. The number of para-hydroxylation sites is 1. The second-order valence-corrected chi connectivity index (χ2v) is 7.03. The molecular formula is C21H22FN5O2. The Labute approximate surface area is 168 Å². The van der Waals surface area contributed by atoms with E-state index in [9.17, 15) is 14.0 Å². The number of halogens is 1. The first kappa shape index (κ1) is 18.9. The lowest BCUT2D eigenvalue weighted by atomic mass is 10.1. The highest BCUT2D eigenvalue weighted by Crippen LogP contribution is 2.17. The van der Waals surface area contributed by atoms with E-state index in [0.29, 0.717) is 24.7 Å². The molecule has 2 aromatic rings. The molecule has 2 aromatic carbocycles. The highest BCUT2D eigenvalue weighted by atomic mass is 19.1. The molecule has 0 bridgehead atoms. The fourth-order valence-corrected chi connectivity index (χ4v) is 3.50. The number of amides is 2. The molecule has 0 aromatic heterocycles. The Kier molecular flexibility index (Phi) is 5.41. The van der Waals surface area contributed by atoms with Crippen LogP contribution in [0.1, 0.15) is 6.42 Å². The first-order chi connectivity index (χ1) is 14.1. The minimum Gasteiger partial charge on any atom is -0.368 e. The number of piperazine rings is 1. The van der Waals surface area contributed by atoms with Gasteiger partial charge in [0.05, 0.1) is 6.42 Å². The van der Waals surface area contributed by atoms with Crippen molar-refractivity contribution in [2.45, 2.75) is 12.5 Å². The molecule has 2 N–H and O–H groups in total. The van der Waals surface area contributed by atoms with Crippen molar-refractivity contribution in [3.63, 3.8) is 0 Å². The zero-order valence-electron chi connectivity index (χ0n) is 15.8. The molecule has 2 amide bonds. The smallest absolute Gasteiger partial charge is 0.249 e. The topological polar surface area (TPSA) is 77.0 Å². The van der Waals surface area contributed by atoms with E-state index in [0.717, 1.165) is 18.8 Å². The second kappa shape index (κ2) is 8.30. The van der Waals surface area contributed by atoms with Crippen LogP contribution in [0.3, 0.4) is 0 Å². The number of nitrogens with zero attached hydrogens (tertiary/aromatic N) is 3. The lowest BCUT2D eigenvalue weighted by molar-refractivity contribution is -0.125. The van der Waals surface area contributed by atoms with Crippen LogP contribution in [-0.4, -0.2) is 54.9 Å². The van der Waals surface area contributed by atoms with Crippen molar-refractivity contribution in [3.05, 3.63) is 60.4 Å². The zero-order chi connectivity index (χ0) is 20.2. The van der Waals surface area contributed by atoms with Crippen molar-refractivity contribution in [1.82, 2.24) is 10.2 Å². The number of aliphatic imine (C=N–C) groups is 1. The van der Waals surface area contributed by atoms with Gasteiger partial charge in [0.2, 0.25) is 17.8 Å². The number of carbonyl (C=O) groups is 2. The molecule has 2 aliphatic rings. The van der Waals surface area contributed by atoms with Gasteiger partial charge in [-0.1, -0.05) is 24.3 Å². The van der Waals surface area contributed by atoms with Crippen molar-refractivity contribution in [2.24, 2.45) is 4.99 Å². The van der Waals surface area contributed by atoms with Crippen LogP contribution < -0.4 is 15.5 Å². The Morgan fingerprint density at radius 3 is 2.48 bits per heavy atom. The molecule has 4 rings (SSSR count). The van der Waals surface area contributed by atoms with E-state index < -0.39 is 17.8 Å². The van der Waals surface area contributed by atoms with Gasteiger partial charge in [0.15, 0.2) is 0 Å². The summed E-state index contributed by atoms with van der Waals surface area (Å²) in [6.07, 6.45) is -0.0331. The van der Waals surface area contributed by atoms with Crippen LogP contribution in [0, 0.1) is 5.82 Å². The summed E-state index contributed by atoms with van der Waals surface area (Å²) in [7, 11) is 0. The SMILES string of the molecule is O=C1C[C@H](C(=O)Nc2cccc(F)c2)N=C(N2CCN(c3ccccc3)CC2)N1. The van der Waals surface area contributed by atoms with Gasteiger partial charge < -0.3 is 15.1 Å². The van der Waals surface area contributed by atoms with E-state index >= 15 is 0 Å². The average Bonchev–Trinajstić information content (AvgIpc) is 2.74. The number of benzene rings is 2. The third kappa shape index (κ3) is 4.53. The number of hydrogen-bond donors (Lipinski definition) is 2. The summed E-state index contributed by atoms with van der Waals surface area (Å²) in [5.41, 5.74) is 1.50. The van der Waals surface area contributed by atoms with Gasteiger partial charge in [0, 0.05) is 37.6 Å². The van der Waals surface area contributed by atoms with Crippen LogP contribution in [0.4, 0.5) is 15.8 Å². The van der Waals surface area contributed by atoms with Gasteiger partial charge in [-0.2, -0.15) is 0 Å². The van der Waals surface area contributed by atoms with Crippen LogP contribution in [0.5, 0.6) is 0 Å². The molecule has 1 fully saturated rings. The zero-order valence-corrected chi connectivity index (χ0v) is 15.8. The van der Waals surface area contributed by atoms with Gasteiger partial charge in [0.1, 0.15) is 11.9 Å². The third-order valence-corrected chi connectivity index (χ3v) is 5.00. The van der Waals surface area contributed by atoms with Gasteiger partial charge >= 0.3 is 0 Å². The molecule has 0 saturated carbocycles. The minimum atomic E-state index is -0.839. The van der Waals surface area contributed by atoms with Crippen molar-refractivity contribution < 1.29 is 14.0 Å². The summed E-state index contributed by atoms with van der Waals surface area (Å²) in [5, 5.41) is 5.41. The highest BCUT2D eigenvalue weighted by molar-refractivity contribution is 6.06. The predicted molar refractivity (Wildman–Crippen MR) is 109 cm³/mol. The van der Waals surface area contributed by atoms with Crippen molar-refractivity contribution >= 4 is 29.1 Å². The number of anilines is 2. The van der Waals surface area contributed by atoms with E-state index in [-0.39, 0.29) is 12.3 Å². The number of carbonyl (C=O) groups excluding carboxylic acids is 2. The third-order valence-electron chi connectivity index (χ3n) is 5.00. The second-order valence-electron chi connectivity index (χ2n) is 7.03. The molecule has 0 unspecified atom stereocenters. The number of rotatable bonds is 3. The maximum absolute atomic E-state index is 13.3. The first-order valence-corrected chi connectivity index (χ1v) is 9.57. The molecule has 1 atom stereocenters. The lowest BCUT2D eigenvalue weighted by Gasteiger charge is -2.38. The molecule has 0 aliphatic carbocycles. The van der Waals surface area contributed by atoms with E-state index in [2.05, 4.69) is 32.7 Å². The standard InChI is InChI=1S/C21H22FN5O2/c22-15-5-4-6-16(13-15)23-20(29)18-14-19(28)25-21(24-18)27-11-9-26(10-12-27)17-7-2-1-3-8-17/h1-8,13,18H,9-12,14H2,(H,23,29)(H,24,25,28)/t18-/m1/s1. The van der Waals surface area contributed by atoms with Gasteiger partial charge in [0.25, 0.3) is 0 Å². The lowest BCUT2D eigenvalue weighted by Crippen LogP contribution is -2.56. The fourth-order valence-electron chi connectivity index (χ4n) is 3.50. The van der Waals surface area contributed by atoms with Gasteiger partial charge in [-0.05, 0) is 30.3 Å². The minimum absolute atomic E-state index is 0.0331. The normalized spacial score (nSPS) is 19.4. The average molecular weight is 395 g/mol. The Hall–Kier alpha value is -3.42. The molecule has 29 heavy (non-hydrogen) atoms. The molecule has 2 aliphatic heterocycles. The summed E-state index contributed by atoms with van der Waals surface area (Å²) >= 11 is 0. The quantitative estimate of drug-likeness (QED) is 0.831. The Morgan fingerprint density at radius 1 is 1.03 bits per heavy atom. The molecule has 0 radical (unpaired) electrons. The highest BCUT2D eigenvalue weighted by Gasteiger charge is 2.30. The summed E-state index contributed by atoms with van der Waals surface area (Å²) in [5.74, 6) is -0.691. The predicted octanol–water partition coefficient (Wildman–Crippen LogP) is 1.83. The Balaban J connectivity index is 1.41. The van der Waals surface area contributed by atoms with Crippen LogP contribution in [-0.2, 0) is 9.59 Å². The maximum atomic E-state index is 13.3. The van der Waals surface area contributed by atoms with Crippen LogP contribution in [0.25, 0.3) is 0 Å². The van der Waals surface area contributed by atoms with Crippen LogP contribution >= 0.6 is 0 Å². The Bertz CT molecular complexity index is 926. The molecule has 150 valence electrons. The maximum Gasteiger partial charge on any atom is 0.249 e. The van der Waals surface area contributed by atoms with E-state index in [4.69, 9.17) is 0 Å². The van der Waals surface area contributed by atoms with E-state index in [1.807, 2.05) is 23.1 Å². The molecule has 1 saturated heterocycles. The van der Waals surface area contributed by atoms with Crippen molar-refractivity contribution in [1.29, 1.82) is 0 Å². The summed E-state index contributed by atoms with van der Waals surface area (Å²) in [6, 6.07) is 14.9. The number of guanidine groups is 1. The van der Waals surface area contributed by atoms with Crippen LogP contribution in [0.2, 0.25) is 0 Å². The van der Waals surface area contributed by atoms with E-state index in [1.165, 1.54) is 18.2 Å². The molecular weight excluding hydrogens is 373 g/mol. The Morgan fingerprint density at radius 2 is 1.76 bits per heavy atom. The molecule has 2 heterocycles. The molecule has 8 heteroatoms. The van der Waals surface area contributed by atoms with Gasteiger partial charge in [-0.25, -0.2) is 9.38 Å². The summed E-state index contributed by atoms with van der Waals surface area (Å²) < 4.78 is 13.3.